The first kappa shape index (κ1) is 38.0. The third-order valence-corrected chi connectivity index (χ3v) is 7.90. The number of hydrogen-bond acceptors (Lipinski definition) is 8. The van der Waals surface area contributed by atoms with Crippen molar-refractivity contribution in [1.29, 1.82) is 0 Å². The number of rotatable bonds is 7. The Kier molecular flexibility index (Phi) is 15.9. The van der Waals surface area contributed by atoms with Crippen LogP contribution in [0.4, 0.5) is 0 Å². The summed E-state index contributed by atoms with van der Waals surface area (Å²) >= 11 is 0. The summed E-state index contributed by atoms with van der Waals surface area (Å²) < 4.78 is 5.66. The maximum Gasteiger partial charge on any atom is 0.257 e. The molecule has 1 aliphatic heterocycles. The lowest BCUT2D eigenvalue weighted by atomic mass is 10.0. The molecule has 1 aromatic carbocycles. The highest BCUT2D eigenvalue weighted by Crippen LogP contribution is 2.15. The van der Waals surface area contributed by atoms with Crippen LogP contribution >= 0.6 is 0 Å². The molecule has 0 radical (unpaired) electrons. The van der Waals surface area contributed by atoms with E-state index in [0.29, 0.717) is 69.5 Å². The Morgan fingerprint density at radius 1 is 1.00 bits per heavy atom. The van der Waals surface area contributed by atoms with Crippen LogP contribution in [0.3, 0.4) is 0 Å². The molecule has 2 heterocycles. The van der Waals surface area contributed by atoms with Gasteiger partial charge in [0.15, 0.2) is 6.61 Å². The van der Waals surface area contributed by atoms with Crippen molar-refractivity contribution in [3.8, 4) is 5.75 Å². The molecular weight excluding hydrogens is 618 g/mol. The molecule has 5 amide bonds. The predicted molar refractivity (Wildman–Crippen MR) is 179 cm³/mol. The van der Waals surface area contributed by atoms with E-state index in [4.69, 9.17) is 4.74 Å². The molecule has 0 aliphatic carbocycles. The first-order valence-corrected chi connectivity index (χ1v) is 16.8. The van der Waals surface area contributed by atoms with E-state index in [-0.39, 0.29) is 37.3 Å². The third-order valence-electron chi connectivity index (χ3n) is 7.90. The SMILES string of the molecule is CC(C)C[C@H]1NC(=O)Cc2cccc(c2)OCC(=O)NCCCN(C(=O)CCCc2cn[nH]c2)CCCCNC(=O)[C@H]([C@@H](C)O)NC1=O. The molecule has 3 rings (SSSR count). The highest BCUT2D eigenvalue weighted by molar-refractivity contribution is 5.92. The first-order chi connectivity index (χ1) is 23.0. The number of aryl methyl sites for hydroxylation is 1. The Hall–Kier alpha value is -4.46. The first-order valence-electron chi connectivity index (χ1n) is 16.8. The van der Waals surface area contributed by atoms with Gasteiger partial charge in [-0.05, 0) is 74.6 Å². The van der Waals surface area contributed by atoms with E-state index in [9.17, 15) is 29.1 Å². The number of aromatic nitrogens is 2. The fraction of sp³-hybridized carbons (Fsp3) is 0.588. The molecule has 6 N–H and O–H groups in total. The molecule has 0 saturated heterocycles. The number of fused-ring (bicyclic) bond motifs is 2. The van der Waals surface area contributed by atoms with Crippen LogP contribution < -0.4 is 26.0 Å². The van der Waals surface area contributed by atoms with Crippen molar-refractivity contribution in [3.05, 3.63) is 47.8 Å². The monoisotopic (exact) mass is 669 g/mol. The summed E-state index contributed by atoms with van der Waals surface area (Å²) in [6.07, 6.45) is 6.15. The minimum Gasteiger partial charge on any atom is -0.484 e. The van der Waals surface area contributed by atoms with Gasteiger partial charge in [-0.25, -0.2) is 0 Å². The van der Waals surface area contributed by atoms with Gasteiger partial charge in [-0.3, -0.25) is 29.1 Å². The Labute approximate surface area is 282 Å². The molecule has 0 fully saturated rings. The zero-order chi connectivity index (χ0) is 34.9. The Bertz CT molecular complexity index is 1330. The van der Waals surface area contributed by atoms with Gasteiger partial charge in [-0.1, -0.05) is 26.0 Å². The highest BCUT2D eigenvalue weighted by atomic mass is 16.5. The zero-order valence-corrected chi connectivity index (χ0v) is 28.3. The molecule has 1 aromatic heterocycles. The van der Waals surface area contributed by atoms with E-state index in [1.165, 1.54) is 6.92 Å². The topological polar surface area (TPSA) is 195 Å². The second-order valence-electron chi connectivity index (χ2n) is 12.6. The number of aliphatic hydroxyl groups is 1. The summed E-state index contributed by atoms with van der Waals surface area (Å²) in [4.78, 5) is 66.7. The fourth-order valence-corrected chi connectivity index (χ4v) is 5.36. The average molecular weight is 670 g/mol. The van der Waals surface area contributed by atoms with Gasteiger partial charge < -0.3 is 36.0 Å². The van der Waals surface area contributed by atoms with E-state index in [2.05, 4.69) is 31.5 Å². The van der Waals surface area contributed by atoms with Gasteiger partial charge in [0.05, 0.1) is 18.7 Å². The molecule has 0 unspecified atom stereocenters. The van der Waals surface area contributed by atoms with Gasteiger partial charge >= 0.3 is 0 Å². The van der Waals surface area contributed by atoms with Crippen LogP contribution in [0.2, 0.25) is 0 Å². The number of H-pyrrole nitrogens is 1. The molecule has 264 valence electrons. The van der Waals surface area contributed by atoms with Gasteiger partial charge in [0, 0.05) is 38.8 Å². The number of nitrogens with zero attached hydrogens (tertiary/aromatic N) is 2. The molecule has 0 saturated carbocycles. The lowest BCUT2D eigenvalue weighted by molar-refractivity contribution is -0.134. The molecule has 48 heavy (non-hydrogen) atoms. The van der Waals surface area contributed by atoms with E-state index in [1.807, 2.05) is 20.0 Å². The maximum atomic E-state index is 13.3. The molecule has 14 heteroatoms. The highest BCUT2D eigenvalue weighted by Gasteiger charge is 2.30. The van der Waals surface area contributed by atoms with Crippen LogP contribution in [0.5, 0.6) is 5.75 Å². The smallest absolute Gasteiger partial charge is 0.257 e. The van der Waals surface area contributed by atoms with E-state index < -0.39 is 35.9 Å². The molecule has 0 spiro atoms. The van der Waals surface area contributed by atoms with Crippen LogP contribution in [-0.4, -0.2) is 101 Å². The second-order valence-corrected chi connectivity index (χ2v) is 12.6. The van der Waals surface area contributed by atoms with Crippen molar-refractivity contribution in [2.45, 2.75) is 90.3 Å². The van der Waals surface area contributed by atoms with Gasteiger partial charge in [0.25, 0.3) is 5.91 Å². The number of nitrogens with one attached hydrogen (secondary N) is 5. The summed E-state index contributed by atoms with van der Waals surface area (Å²) in [5.74, 6) is -1.34. The summed E-state index contributed by atoms with van der Waals surface area (Å²) in [6, 6.07) is 4.66. The van der Waals surface area contributed by atoms with Crippen LogP contribution in [0, 0.1) is 5.92 Å². The Morgan fingerprint density at radius 2 is 1.77 bits per heavy atom. The van der Waals surface area contributed by atoms with Crippen molar-refractivity contribution in [3.63, 3.8) is 0 Å². The second kappa shape index (κ2) is 20.0. The van der Waals surface area contributed by atoms with Crippen molar-refractivity contribution in [2.75, 3.05) is 32.8 Å². The number of aromatic amines is 1. The quantitative estimate of drug-likeness (QED) is 0.251. The fourth-order valence-electron chi connectivity index (χ4n) is 5.36. The zero-order valence-electron chi connectivity index (χ0n) is 28.3. The summed E-state index contributed by atoms with van der Waals surface area (Å²) in [5, 5.41) is 28.1. The molecule has 3 atom stereocenters. The number of amides is 5. The summed E-state index contributed by atoms with van der Waals surface area (Å²) in [5.41, 5.74) is 1.66. The minimum atomic E-state index is -1.22. The average Bonchev–Trinajstić information content (AvgIpc) is 3.55. The number of carbonyl (C=O) groups is 5. The molecule has 2 bridgehead atoms. The molecule has 2 aromatic rings. The van der Waals surface area contributed by atoms with Gasteiger partial charge in [-0.2, -0.15) is 5.10 Å². The number of hydrogen-bond donors (Lipinski definition) is 6. The largest absolute Gasteiger partial charge is 0.484 e. The third kappa shape index (κ3) is 13.7. The van der Waals surface area contributed by atoms with Crippen LogP contribution in [0.25, 0.3) is 0 Å². The lowest BCUT2D eigenvalue weighted by Crippen LogP contribution is -2.57. The minimum absolute atomic E-state index is 0.0124. The van der Waals surface area contributed by atoms with Crippen molar-refractivity contribution in [1.82, 2.24) is 36.4 Å². The van der Waals surface area contributed by atoms with Crippen LogP contribution in [0.15, 0.2) is 36.7 Å². The molecule has 1 aliphatic rings. The predicted octanol–water partition coefficient (Wildman–Crippen LogP) is 0.995. The Balaban J connectivity index is 1.71. The Morgan fingerprint density at radius 3 is 2.50 bits per heavy atom. The van der Waals surface area contributed by atoms with Gasteiger partial charge in [0.1, 0.15) is 17.8 Å². The normalized spacial score (nSPS) is 20.4. The summed E-state index contributed by atoms with van der Waals surface area (Å²) in [7, 11) is 0. The van der Waals surface area contributed by atoms with Crippen molar-refractivity contribution < 1.29 is 33.8 Å². The number of ether oxygens (including phenoxy) is 1. The number of aliphatic hydroxyl groups excluding tert-OH is 1. The molecular formula is C34H51N7O7. The summed E-state index contributed by atoms with van der Waals surface area (Å²) in [6.45, 7) is 6.61. The lowest BCUT2D eigenvalue weighted by Gasteiger charge is -2.26. The maximum absolute atomic E-state index is 13.3. The van der Waals surface area contributed by atoms with Gasteiger partial charge in [0.2, 0.25) is 23.6 Å². The number of benzene rings is 1. The van der Waals surface area contributed by atoms with E-state index in [0.717, 1.165) is 12.0 Å². The number of carbonyl (C=O) groups excluding carboxylic acids is 5. The standard InChI is InChI=1S/C34H51N7O7/c1-23(2)17-28-33(46)40-32(24(3)42)34(47)36-13-4-5-15-41(31(45)12-7-10-26-20-37-38-21-26)16-8-14-35-30(44)22-48-27-11-6-9-25(18-27)19-29(43)39-28/h6,9,11,18,20-21,23-24,28,32,42H,4-5,7-8,10,12-17,19,22H2,1-3H3,(H,35,44)(H,36,47)(H,37,38)(H,39,43)(H,40,46)/t24-,28-,32+/m1/s1. The van der Waals surface area contributed by atoms with E-state index in [1.54, 1.807) is 35.4 Å². The van der Waals surface area contributed by atoms with Crippen molar-refractivity contribution >= 4 is 29.5 Å². The van der Waals surface area contributed by atoms with Gasteiger partial charge in [-0.15, -0.1) is 0 Å². The van der Waals surface area contributed by atoms with E-state index >= 15 is 0 Å². The van der Waals surface area contributed by atoms with Crippen LogP contribution in [0.1, 0.15) is 70.4 Å². The van der Waals surface area contributed by atoms with Crippen LogP contribution in [-0.2, 0) is 36.8 Å². The molecule has 14 nitrogen and oxygen atoms in total. The van der Waals surface area contributed by atoms with Crippen molar-refractivity contribution in [2.24, 2.45) is 5.92 Å².